The number of hydrogen-bond donors (Lipinski definition) is 2. The average molecular weight is 483 g/mol. The average Bonchev–Trinajstić information content (AvgIpc) is 3.10. The zero-order chi connectivity index (χ0) is 26.0. The molecule has 11 heteroatoms. The van der Waals surface area contributed by atoms with Gasteiger partial charge in [-0.25, -0.2) is 0 Å². The Morgan fingerprint density at radius 3 is 1.82 bits per heavy atom. The lowest BCUT2D eigenvalue weighted by atomic mass is 10.1. The van der Waals surface area contributed by atoms with Crippen LogP contribution < -0.4 is 5.73 Å². The molecule has 1 unspecified atom stereocenters. The maximum Gasteiger partial charge on any atom is 0.310 e. The van der Waals surface area contributed by atoms with Crippen LogP contribution in [0.1, 0.15) is 51.9 Å². The summed E-state index contributed by atoms with van der Waals surface area (Å²) in [5.74, 6) is -3.35. The highest BCUT2D eigenvalue weighted by molar-refractivity contribution is 5.92. The maximum atomic E-state index is 12.0. The number of hydrogen-bond acceptors (Lipinski definition) is 10. The van der Waals surface area contributed by atoms with Crippen LogP contribution in [0.4, 0.5) is 0 Å². The van der Waals surface area contributed by atoms with Crippen molar-refractivity contribution in [1.29, 1.82) is 0 Å². The molecule has 0 aliphatic carbocycles. The van der Waals surface area contributed by atoms with Crippen LogP contribution in [0.25, 0.3) is 0 Å². The summed E-state index contributed by atoms with van der Waals surface area (Å²) in [7, 11) is 0. The van der Waals surface area contributed by atoms with Crippen molar-refractivity contribution in [3.63, 3.8) is 0 Å². The first-order chi connectivity index (χ1) is 15.9. The lowest BCUT2D eigenvalue weighted by Gasteiger charge is -2.25. The number of nitrogens with zero attached hydrogens (tertiary/aromatic N) is 1. The molecule has 2 heterocycles. The zero-order valence-electron chi connectivity index (χ0n) is 20.3. The van der Waals surface area contributed by atoms with Crippen LogP contribution >= 0.6 is 0 Å². The highest BCUT2D eigenvalue weighted by Crippen LogP contribution is 2.29. The molecule has 11 nitrogen and oxygen atoms in total. The predicted octanol–water partition coefficient (Wildman–Crippen LogP) is 1.22. The fourth-order valence-electron chi connectivity index (χ4n) is 2.50. The first-order valence-corrected chi connectivity index (χ1v) is 11.0. The molecule has 1 aromatic rings. The number of carbonyl (C=O) groups is 4. The third kappa shape index (κ3) is 8.71. The van der Waals surface area contributed by atoms with E-state index in [1.807, 2.05) is 0 Å². The molecule has 4 atom stereocenters. The van der Waals surface area contributed by atoms with Gasteiger partial charge in [0.15, 0.2) is 6.10 Å². The molecule has 34 heavy (non-hydrogen) atoms. The van der Waals surface area contributed by atoms with Gasteiger partial charge in [-0.2, -0.15) is 0 Å². The lowest BCUT2D eigenvalue weighted by molar-refractivity contribution is -0.202. The van der Waals surface area contributed by atoms with Gasteiger partial charge >= 0.3 is 17.9 Å². The minimum atomic E-state index is -1.25. The summed E-state index contributed by atoms with van der Waals surface area (Å²) in [6.07, 6.45) is -1.39. The zero-order valence-corrected chi connectivity index (χ0v) is 20.3. The Kier molecular flexibility index (Phi) is 11.6. The highest BCUT2D eigenvalue weighted by Gasteiger charge is 2.51. The van der Waals surface area contributed by atoms with Crippen LogP contribution in [0.15, 0.2) is 24.5 Å². The Morgan fingerprint density at radius 1 is 0.941 bits per heavy atom. The second-order valence-corrected chi connectivity index (χ2v) is 8.54. The van der Waals surface area contributed by atoms with E-state index in [1.54, 1.807) is 59.9 Å². The standard InChI is InChI=1S/C17H28O8.C6H6N2O/c1-8(2)14(19)23-12-11(7-18)22-17(25-16(21)10(5)6)13(12)24-15(20)9(3)4;7-6(9)5-2-1-3-8-4-5/h8-13,17-18H,7H2,1-6H3;1-4H,(H2,7,9)/t11-,12-,13-,17?;/m1./s1. The summed E-state index contributed by atoms with van der Waals surface area (Å²) in [6, 6.07) is 3.29. The molecule has 0 saturated carbocycles. The largest absolute Gasteiger partial charge is 0.455 e. The smallest absolute Gasteiger partial charge is 0.310 e. The van der Waals surface area contributed by atoms with E-state index >= 15 is 0 Å². The molecule has 190 valence electrons. The van der Waals surface area contributed by atoms with Gasteiger partial charge in [0.25, 0.3) is 0 Å². The molecule has 0 radical (unpaired) electrons. The van der Waals surface area contributed by atoms with Crippen molar-refractivity contribution in [1.82, 2.24) is 4.98 Å². The van der Waals surface area contributed by atoms with Crippen LogP contribution in [0.5, 0.6) is 0 Å². The number of rotatable bonds is 8. The Hall–Kier alpha value is -3.05. The summed E-state index contributed by atoms with van der Waals surface area (Å²) < 4.78 is 21.4. The van der Waals surface area contributed by atoms with Crippen molar-refractivity contribution in [2.24, 2.45) is 23.5 Å². The van der Waals surface area contributed by atoms with E-state index in [0.717, 1.165) is 0 Å². The summed E-state index contributed by atoms with van der Waals surface area (Å²) in [4.78, 5) is 49.9. The van der Waals surface area contributed by atoms with Gasteiger partial charge < -0.3 is 29.8 Å². The SMILES string of the molecule is CC(C)C(=O)OC1O[C@H](CO)[C@@H](OC(=O)C(C)C)[C@H]1OC(=O)C(C)C.NC(=O)c1cccnc1. The van der Waals surface area contributed by atoms with Crippen LogP contribution in [0.2, 0.25) is 0 Å². The molecule has 1 amide bonds. The van der Waals surface area contributed by atoms with E-state index in [9.17, 15) is 24.3 Å². The van der Waals surface area contributed by atoms with Gasteiger partial charge in [0.05, 0.1) is 29.9 Å². The molecule has 1 aromatic heterocycles. The molecule has 1 aliphatic rings. The van der Waals surface area contributed by atoms with E-state index < -0.39 is 72.8 Å². The van der Waals surface area contributed by atoms with Crippen LogP contribution in [0.3, 0.4) is 0 Å². The van der Waals surface area contributed by atoms with Gasteiger partial charge in [0, 0.05) is 12.4 Å². The quantitative estimate of drug-likeness (QED) is 0.406. The van der Waals surface area contributed by atoms with Gasteiger partial charge in [0.2, 0.25) is 18.3 Å². The maximum absolute atomic E-state index is 12.0. The van der Waals surface area contributed by atoms with E-state index in [2.05, 4.69) is 4.98 Å². The summed E-state index contributed by atoms with van der Waals surface area (Å²) in [6.45, 7) is 9.40. The number of nitrogens with two attached hydrogens (primary N) is 1. The molecule has 1 saturated heterocycles. The normalized spacial score (nSPS) is 21.6. The van der Waals surface area contributed by atoms with Gasteiger partial charge in [0.1, 0.15) is 6.10 Å². The Morgan fingerprint density at radius 2 is 1.44 bits per heavy atom. The fourth-order valence-corrected chi connectivity index (χ4v) is 2.50. The number of ether oxygens (including phenoxy) is 4. The first kappa shape index (κ1) is 29.0. The van der Waals surface area contributed by atoms with Crippen molar-refractivity contribution < 1.29 is 43.2 Å². The number of esters is 3. The number of aromatic nitrogens is 1. The van der Waals surface area contributed by atoms with Gasteiger partial charge in [-0.15, -0.1) is 0 Å². The molecule has 0 bridgehead atoms. The van der Waals surface area contributed by atoms with E-state index in [1.165, 1.54) is 6.20 Å². The van der Waals surface area contributed by atoms with Crippen LogP contribution in [-0.4, -0.2) is 65.1 Å². The molecule has 2 rings (SSSR count). The van der Waals surface area contributed by atoms with Crippen molar-refractivity contribution in [3.8, 4) is 0 Å². The Balaban J connectivity index is 0.000000533. The first-order valence-electron chi connectivity index (χ1n) is 11.0. The Labute approximate surface area is 198 Å². The van der Waals surface area contributed by atoms with Gasteiger partial charge in [-0.3, -0.25) is 24.2 Å². The number of amides is 1. The molecular formula is C23H34N2O9. The van der Waals surface area contributed by atoms with Crippen molar-refractivity contribution in [3.05, 3.63) is 30.1 Å². The summed E-state index contributed by atoms with van der Waals surface area (Å²) in [5.41, 5.74) is 5.38. The fraction of sp³-hybridized carbons (Fsp3) is 0.609. The van der Waals surface area contributed by atoms with Crippen molar-refractivity contribution in [2.45, 2.75) is 66.1 Å². The number of aliphatic hydroxyl groups is 1. The van der Waals surface area contributed by atoms with Gasteiger partial charge in [-0.1, -0.05) is 41.5 Å². The van der Waals surface area contributed by atoms with Crippen molar-refractivity contribution >= 4 is 23.8 Å². The molecule has 3 N–H and O–H groups in total. The molecule has 1 fully saturated rings. The monoisotopic (exact) mass is 482 g/mol. The third-order valence-electron chi connectivity index (χ3n) is 4.54. The minimum absolute atomic E-state index is 0.418. The van der Waals surface area contributed by atoms with E-state index in [-0.39, 0.29) is 0 Å². The molecular weight excluding hydrogens is 448 g/mol. The minimum Gasteiger partial charge on any atom is -0.455 e. The number of pyridine rings is 1. The van der Waals surface area contributed by atoms with E-state index in [4.69, 9.17) is 24.7 Å². The summed E-state index contributed by atoms with van der Waals surface area (Å²) >= 11 is 0. The lowest BCUT2D eigenvalue weighted by Crippen LogP contribution is -2.43. The number of primary amides is 1. The van der Waals surface area contributed by atoms with Gasteiger partial charge in [-0.05, 0) is 12.1 Å². The predicted molar refractivity (Wildman–Crippen MR) is 119 cm³/mol. The van der Waals surface area contributed by atoms with Crippen molar-refractivity contribution in [2.75, 3.05) is 6.61 Å². The summed E-state index contributed by atoms with van der Waals surface area (Å²) in [5, 5.41) is 9.51. The third-order valence-corrected chi connectivity index (χ3v) is 4.54. The highest BCUT2D eigenvalue weighted by atomic mass is 16.7. The molecule has 1 aliphatic heterocycles. The van der Waals surface area contributed by atoms with E-state index in [0.29, 0.717) is 5.56 Å². The second-order valence-electron chi connectivity index (χ2n) is 8.54. The second kappa shape index (κ2) is 13.6. The topological polar surface area (TPSA) is 164 Å². The van der Waals surface area contributed by atoms with Crippen LogP contribution in [0, 0.1) is 17.8 Å². The van der Waals surface area contributed by atoms with Crippen LogP contribution in [-0.2, 0) is 33.3 Å². The number of carbonyl (C=O) groups excluding carboxylic acids is 4. The number of aliphatic hydroxyl groups excluding tert-OH is 1. The molecule has 0 spiro atoms. The molecule has 0 aromatic carbocycles. The Bertz CT molecular complexity index is 827.